The highest BCUT2D eigenvalue weighted by molar-refractivity contribution is 4.92. The van der Waals surface area contributed by atoms with E-state index in [4.69, 9.17) is 10.5 Å². The molecule has 1 aliphatic carbocycles. The summed E-state index contributed by atoms with van der Waals surface area (Å²) in [6.45, 7) is 3.67. The Morgan fingerprint density at radius 3 is 3.00 bits per heavy atom. The van der Waals surface area contributed by atoms with Crippen molar-refractivity contribution in [3.05, 3.63) is 12.2 Å². The van der Waals surface area contributed by atoms with E-state index in [0.29, 0.717) is 18.7 Å². The molecule has 0 aromatic rings. The summed E-state index contributed by atoms with van der Waals surface area (Å²) in [5.41, 5.74) is 5.45. The molecular formula is C12H22N2O. The molecule has 1 heterocycles. The Hall–Kier alpha value is -0.380. The Labute approximate surface area is 92.3 Å². The van der Waals surface area contributed by atoms with E-state index >= 15 is 0 Å². The molecule has 2 fully saturated rings. The number of hydrogen-bond donors (Lipinski definition) is 1. The first kappa shape index (κ1) is 11.1. The zero-order valence-corrected chi connectivity index (χ0v) is 9.40. The van der Waals surface area contributed by atoms with Gasteiger partial charge in [0.05, 0.1) is 12.7 Å². The maximum Gasteiger partial charge on any atom is 0.0731 e. The van der Waals surface area contributed by atoms with Gasteiger partial charge in [-0.3, -0.25) is 4.90 Å². The number of hydrogen-bond acceptors (Lipinski definition) is 3. The molecule has 3 heteroatoms. The van der Waals surface area contributed by atoms with E-state index in [1.54, 1.807) is 0 Å². The number of rotatable bonds is 3. The summed E-state index contributed by atoms with van der Waals surface area (Å²) >= 11 is 0. The fourth-order valence-corrected chi connectivity index (χ4v) is 2.71. The van der Waals surface area contributed by atoms with Crippen LogP contribution in [0, 0.1) is 0 Å². The number of nitrogens with zero attached hydrogens (tertiary/aromatic N) is 1. The van der Waals surface area contributed by atoms with Gasteiger partial charge in [0.1, 0.15) is 0 Å². The summed E-state index contributed by atoms with van der Waals surface area (Å²) in [5.74, 6) is 0. The first-order valence-corrected chi connectivity index (χ1v) is 6.12. The molecule has 0 radical (unpaired) electrons. The van der Waals surface area contributed by atoms with Crippen molar-refractivity contribution in [1.82, 2.24) is 4.90 Å². The summed E-state index contributed by atoms with van der Waals surface area (Å²) in [6, 6.07) is 0.662. The molecule has 2 rings (SSSR count). The molecule has 2 atom stereocenters. The van der Waals surface area contributed by atoms with Crippen molar-refractivity contribution in [1.29, 1.82) is 0 Å². The maximum absolute atomic E-state index is 5.83. The average Bonchev–Trinajstić information content (AvgIpc) is 2.30. The van der Waals surface area contributed by atoms with Gasteiger partial charge in [-0.15, -0.1) is 0 Å². The molecule has 1 saturated carbocycles. The molecule has 0 spiro atoms. The van der Waals surface area contributed by atoms with Crippen molar-refractivity contribution in [3.8, 4) is 0 Å². The Bertz CT molecular complexity index is 216. The van der Waals surface area contributed by atoms with E-state index in [2.05, 4.69) is 11.0 Å². The average molecular weight is 210 g/mol. The third-order valence-corrected chi connectivity index (χ3v) is 3.49. The second-order valence-corrected chi connectivity index (χ2v) is 4.46. The van der Waals surface area contributed by atoms with E-state index < -0.39 is 0 Å². The number of morpholine rings is 1. The number of nitrogens with two attached hydrogens (primary N) is 1. The van der Waals surface area contributed by atoms with Gasteiger partial charge < -0.3 is 10.5 Å². The molecule has 0 amide bonds. The molecule has 0 aromatic carbocycles. The van der Waals surface area contributed by atoms with Crippen molar-refractivity contribution in [2.24, 2.45) is 5.73 Å². The zero-order valence-electron chi connectivity index (χ0n) is 9.40. The lowest BCUT2D eigenvalue weighted by Crippen LogP contribution is -2.52. The van der Waals surface area contributed by atoms with E-state index in [1.165, 1.54) is 25.7 Å². The number of ether oxygens (including phenoxy) is 1. The second kappa shape index (κ2) is 5.64. The lowest BCUT2D eigenvalue weighted by Gasteiger charge is -2.43. The second-order valence-electron chi connectivity index (χ2n) is 4.46. The summed E-state index contributed by atoms with van der Waals surface area (Å²) < 4.78 is 5.83. The topological polar surface area (TPSA) is 38.5 Å². The molecular weight excluding hydrogens is 188 g/mol. The van der Waals surface area contributed by atoms with Gasteiger partial charge in [-0.1, -0.05) is 25.0 Å². The fourth-order valence-electron chi connectivity index (χ4n) is 2.71. The smallest absolute Gasteiger partial charge is 0.0731 e. The summed E-state index contributed by atoms with van der Waals surface area (Å²) in [5, 5.41) is 0. The van der Waals surface area contributed by atoms with Gasteiger partial charge in [-0.2, -0.15) is 0 Å². The van der Waals surface area contributed by atoms with Crippen LogP contribution in [-0.2, 0) is 4.74 Å². The van der Waals surface area contributed by atoms with E-state index in [-0.39, 0.29) is 0 Å². The Morgan fingerprint density at radius 2 is 2.13 bits per heavy atom. The van der Waals surface area contributed by atoms with Crippen LogP contribution in [0.15, 0.2) is 12.2 Å². The first-order valence-electron chi connectivity index (χ1n) is 6.12. The summed E-state index contributed by atoms with van der Waals surface area (Å²) in [7, 11) is 0. The van der Waals surface area contributed by atoms with Gasteiger partial charge in [0, 0.05) is 25.7 Å². The van der Waals surface area contributed by atoms with Gasteiger partial charge in [-0.25, -0.2) is 0 Å². The van der Waals surface area contributed by atoms with Crippen molar-refractivity contribution in [2.45, 2.75) is 37.8 Å². The van der Waals surface area contributed by atoms with E-state index in [9.17, 15) is 0 Å². The largest absolute Gasteiger partial charge is 0.375 e. The molecule has 15 heavy (non-hydrogen) atoms. The predicted molar refractivity (Wildman–Crippen MR) is 61.8 cm³/mol. The van der Waals surface area contributed by atoms with Gasteiger partial charge in [-0.05, 0) is 12.8 Å². The SMILES string of the molecule is NCC=CCN1CCOC2CCCCC21. The van der Waals surface area contributed by atoms with Crippen molar-refractivity contribution in [3.63, 3.8) is 0 Å². The predicted octanol–water partition coefficient (Wildman–Crippen LogP) is 1.14. The lowest BCUT2D eigenvalue weighted by atomic mass is 9.90. The van der Waals surface area contributed by atoms with Crippen LogP contribution in [0.2, 0.25) is 0 Å². The fraction of sp³-hybridized carbons (Fsp3) is 0.833. The van der Waals surface area contributed by atoms with Crippen LogP contribution in [0.1, 0.15) is 25.7 Å². The molecule has 2 unspecified atom stereocenters. The highest BCUT2D eigenvalue weighted by Gasteiger charge is 2.33. The van der Waals surface area contributed by atoms with Crippen LogP contribution >= 0.6 is 0 Å². The van der Waals surface area contributed by atoms with Crippen LogP contribution in [0.5, 0.6) is 0 Å². The Kier molecular flexibility index (Phi) is 4.18. The third-order valence-electron chi connectivity index (χ3n) is 3.49. The molecule has 2 aliphatic rings. The minimum Gasteiger partial charge on any atom is -0.375 e. The van der Waals surface area contributed by atoms with Crippen LogP contribution in [0.25, 0.3) is 0 Å². The number of fused-ring (bicyclic) bond motifs is 1. The zero-order chi connectivity index (χ0) is 10.5. The minimum atomic E-state index is 0.499. The van der Waals surface area contributed by atoms with Crippen LogP contribution in [-0.4, -0.2) is 43.3 Å². The van der Waals surface area contributed by atoms with Crippen molar-refractivity contribution >= 4 is 0 Å². The molecule has 2 N–H and O–H groups in total. The first-order chi connectivity index (χ1) is 7.42. The normalized spacial score (nSPS) is 33.1. The quantitative estimate of drug-likeness (QED) is 0.710. The molecule has 3 nitrogen and oxygen atoms in total. The minimum absolute atomic E-state index is 0.499. The monoisotopic (exact) mass is 210 g/mol. The van der Waals surface area contributed by atoms with Gasteiger partial charge in [0.2, 0.25) is 0 Å². The van der Waals surface area contributed by atoms with Crippen LogP contribution in [0.3, 0.4) is 0 Å². The maximum atomic E-state index is 5.83. The molecule has 1 aliphatic heterocycles. The lowest BCUT2D eigenvalue weighted by molar-refractivity contribution is -0.0841. The van der Waals surface area contributed by atoms with Crippen molar-refractivity contribution in [2.75, 3.05) is 26.2 Å². The van der Waals surface area contributed by atoms with Gasteiger partial charge in [0.15, 0.2) is 0 Å². The third kappa shape index (κ3) is 2.80. The molecule has 0 aromatic heterocycles. The van der Waals surface area contributed by atoms with Crippen LogP contribution < -0.4 is 5.73 Å². The standard InChI is InChI=1S/C12H22N2O/c13-7-3-4-8-14-9-10-15-12-6-2-1-5-11(12)14/h3-4,11-12H,1-2,5-10,13H2. The molecule has 1 saturated heterocycles. The van der Waals surface area contributed by atoms with E-state index in [0.717, 1.165) is 19.7 Å². The van der Waals surface area contributed by atoms with Gasteiger partial charge >= 0.3 is 0 Å². The molecule has 0 bridgehead atoms. The van der Waals surface area contributed by atoms with Gasteiger partial charge in [0.25, 0.3) is 0 Å². The summed E-state index contributed by atoms with van der Waals surface area (Å²) in [4.78, 5) is 2.56. The summed E-state index contributed by atoms with van der Waals surface area (Å²) in [6.07, 6.45) is 10.0. The van der Waals surface area contributed by atoms with E-state index in [1.807, 2.05) is 6.08 Å². The highest BCUT2D eigenvalue weighted by atomic mass is 16.5. The highest BCUT2D eigenvalue weighted by Crippen LogP contribution is 2.28. The molecule has 86 valence electrons. The Morgan fingerprint density at radius 1 is 1.27 bits per heavy atom. The van der Waals surface area contributed by atoms with Crippen molar-refractivity contribution < 1.29 is 4.74 Å². The Balaban J connectivity index is 1.88. The van der Waals surface area contributed by atoms with Crippen LogP contribution in [0.4, 0.5) is 0 Å².